The van der Waals surface area contributed by atoms with Crippen molar-refractivity contribution in [2.45, 2.75) is 5.92 Å². The molecule has 0 atom stereocenters. The van der Waals surface area contributed by atoms with Crippen molar-refractivity contribution < 1.29 is 24.2 Å². The average molecular weight is 487 g/mol. The SMILES string of the molecule is O=C(Nc1ncc(C(=O)Nc2cncc(C(=O)O)c2)s1)OCC1c2ccccc2-c2ccccc21. The first-order chi connectivity index (χ1) is 17.0. The number of hydrogen-bond donors (Lipinski definition) is 3. The summed E-state index contributed by atoms with van der Waals surface area (Å²) in [5.41, 5.74) is 4.67. The third-order valence-corrected chi connectivity index (χ3v) is 6.44. The van der Waals surface area contributed by atoms with Crippen LogP contribution in [0.1, 0.15) is 37.1 Å². The molecule has 5 rings (SSSR count). The summed E-state index contributed by atoms with van der Waals surface area (Å²) in [6.45, 7) is 0.158. The third kappa shape index (κ3) is 4.59. The molecule has 4 aromatic rings. The molecule has 10 heteroatoms. The van der Waals surface area contributed by atoms with Crippen molar-refractivity contribution in [3.63, 3.8) is 0 Å². The van der Waals surface area contributed by atoms with Gasteiger partial charge in [0.25, 0.3) is 5.91 Å². The smallest absolute Gasteiger partial charge is 0.413 e. The van der Waals surface area contributed by atoms with Crippen LogP contribution in [0.4, 0.5) is 15.6 Å². The Labute approximate surface area is 203 Å². The molecule has 0 aliphatic heterocycles. The lowest BCUT2D eigenvalue weighted by atomic mass is 9.98. The number of amides is 2. The van der Waals surface area contributed by atoms with E-state index >= 15 is 0 Å². The summed E-state index contributed by atoms with van der Waals surface area (Å²) in [5, 5.41) is 14.4. The number of carboxylic acid groups (broad SMARTS) is 1. The lowest BCUT2D eigenvalue weighted by Gasteiger charge is -2.14. The number of nitrogens with zero attached hydrogens (tertiary/aromatic N) is 2. The van der Waals surface area contributed by atoms with Crippen LogP contribution in [-0.2, 0) is 4.74 Å². The number of hydrogen-bond acceptors (Lipinski definition) is 7. The molecule has 35 heavy (non-hydrogen) atoms. The summed E-state index contributed by atoms with van der Waals surface area (Å²) in [6.07, 6.45) is 3.15. The summed E-state index contributed by atoms with van der Waals surface area (Å²) in [5.74, 6) is -1.73. The Morgan fingerprint density at radius 3 is 2.31 bits per heavy atom. The first kappa shape index (κ1) is 22.2. The standard InChI is InChI=1S/C25H18N4O5S/c30-22(28-15-9-14(23(31)32)10-26-11-15)21-12-27-24(35-21)29-25(33)34-13-20-18-7-3-1-5-16(18)17-6-2-4-8-19(17)20/h1-12,20H,13H2,(H,28,30)(H,31,32)(H,27,29,33). The Morgan fingerprint density at radius 1 is 0.943 bits per heavy atom. The molecule has 0 unspecified atom stereocenters. The molecule has 1 aliphatic carbocycles. The minimum Gasteiger partial charge on any atom is -0.478 e. The molecule has 0 fully saturated rings. The van der Waals surface area contributed by atoms with Crippen LogP contribution >= 0.6 is 11.3 Å². The summed E-state index contributed by atoms with van der Waals surface area (Å²) in [4.78, 5) is 44.0. The maximum absolute atomic E-state index is 12.5. The lowest BCUT2D eigenvalue weighted by molar-refractivity contribution is 0.0696. The van der Waals surface area contributed by atoms with Crippen molar-refractivity contribution in [2.24, 2.45) is 0 Å². The van der Waals surface area contributed by atoms with Crippen LogP contribution in [0.5, 0.6) is 0 Å². The number of pyridine rings is 1. The van der Waals surface area contributed by atoms with Gasteiger partial charge in [0.05, 0.1) is 23.6 Å². The summed E-state index contributed by atoms with van der Waals surface area (Å²) >= 11 is 0.962. The molecule has 2 amide bonds. The molecule has 0 bridgehead atoms. The number of carbonyl (C=O) groups is 3. The van der Waals surface area contributed by atoms with Crippen molar-refractivity contribution >= 4 is 40.1 Å². The molecule has 0 saturated heterocycles. The number of nitrogens with one attached hydrogen (secondary N) is 2. The van der Waals surface area contributed by atoms with Crippen molar-refractivity contribution in [1.82, 2.24) is 9.97 Å². The Kier molecular flexibility index (Phi) is 5.94. The van der Waals surface area contributed by atoms with Gasteiger partial charge in [0.15, 0.2) is 5.13 Å². The fourth-order valence-corrected chi connectivity index (χ4v) is 4.67. The summed E-state index contributed by atoms with van der Waals surface area (Å²) in [7, 11) is 0. The van der Waals surface area contributed by atoms with Gasteiger partial charge in [-0.1, -0.05) is 59.9 Å². The third-order valence-electron chi connectivity index (χ3n) is 5.53. The van der Waals surface area contributed by atoms with Gasteiger partial charge in [-0.05, 0) is 28.3 Å². The molecule has 174 valence electrons. The number of benzene rings is 2. The van der Waals surface area contributed by atoms with Gasteiger partial charge in [-0.25, -0.2) is 14.6 Å². The number of anilines is 2. The molecule has 2 aromatic carbocycles. The van der Waals surface area contributed by atoms with Crippen LogP contribution in [0, 0.1) is 0 Å². The number of ether oxygens (including phenoxy) is 1. The van der Waals surface area contributed by atoms with E-state index < -0.39 is 18.0 Å². The van der Waals surface area contributed by atoms with Gasteiger partial charge >= 0.3 is 12.1 Å². The Balaban J connectivity index is 1.20. The Morgan fingerprint density at radius 2 is 1.63 bits per heavy atom. The highest BCUT2D eigenvalue weighted by atomic mass is 32.1. The molecule has 0 saturated carbocycles. The first-order valence-corrected chi connectivity index (χ1v) is 11.4. The fraction of sp³-hybridized carbons (Fsp3) is 0.0800. The average Bonchev–Trinajstić information content (AvgIpc) is 3.46. The number of thiazole rings is 1. The van der Waals surface area contributed by atoms with E-state index in [9.17, 15) is 14.4 Å². The summed E-state index contributed by atoms with van der Waals surface area (Å²) in [6, 6.07) is 17.4. The second-order valence-corrected chi connectivity index (χ2v) is 8.73. The van der Waals surface area contributed by atoms with E-state index in [2.05, 4.69) is 32.7 Å². The topological polar surface area (TPSA) is 131 Å². The molecule has 2 heterocycles. The van der Waals surface area contributed by atoms with Crippen molar-refractivity contribution in [3.8, 4) is 11.1 Å². The number of fused-ring (bicyclic) bond motifs is 3. The molecule has 0 radical (unpaired) electrons. The number of carboxylic acids is 1. The van der Waals surface area contributed by atoms with Crippen LogP contribution in [0.2, 0.25) is 0 Å². The van der Waals surface area contributed by atoms with Gasteiger partial charge in [0.1, 0.15) is 11.5 Å². The summed E-state index contributed by atoms with van der Waals surface area (Å²) < 4.78 is 5.50. The van der Waals surface area contributed by atoms with Crippen molar-refractivity contribution in [1.29, 1.82) is 0 Å². The minimum atomic E-state index is -1.15. The van der Waals surface area contributed by atoms with E-state index in [-0.39, 0.29) is 33.8 Å². The highest BCUT2D eigenvalue weighted by molar-refractivity contribution is 7.17. The quantitative estimate of drug-likeness (QED) is 0.355. The second-order valence-electron chi connectivity index (χ2n) is 7.70. The van der Waals surface area contributed by atoms with E-state index in [1.54, 1.807) is 0 Å². The number of aromatic nitrogens is 2. The first-order valence-electron chi connectivity index (χ1n) is 10.6. The van der Waals surface area contributed by atoms with E-state index in [1.807, 2.05) is 36.4 Å². The largest absolute Gasteiger partial charge is 0.478 e. The van der Waals surface area contributed by atoms with Crippen LogP contribution < -0.4 is 10.6 Å². The molecule has 2 aromatic heterocycles. The van der Waals surface area contributed by atoms with Gasteiger partial charge in [-0.3, -0.25) is 15.1 Å². The van der Waals surface area contributed by atoms with Gasteiger partial charge in [0.2, 0.25) is 0 Å². The second kappa shape index (κ2) is 9.35. The van der Waals surface area contributed by atoms with Crippen LogP contribution in [0.3, 0.4) is 0 Å². The monoisotopic (exact) mass is 486 g/mol. The van der Waals surface area contributed by atoms with Crippen LogP contribution in [0.15, 0.2) is 73.2 Å². The van der Waals surface area contributed by atoms with E-state index in [1.165, 1.54) is 24.7 Å². The molecular formula is C25H18N4O5S. The normalized spacial score (nSPS) is 11.9. The van der Waals surface area contributed by atoms with Crippen molar-refractivity contribution in [3.05, 3.63) is 94.8 Å². The zero-order chi connectivity index (χ0) is 24.4. The van der Waals surface area contributed by atoms with E-state index in [4.69, 9.17) is 9.84 Å². The molecular weight excluding hydrogens is 468 g/mol. The minimum absolute atomic E-state index is 0.0512. The van der Waals surface area contributed by atoms with Gasteiger partial charge < -0.3 is 15.2 Å². The Bertz CT molecular complexity index is 1410. The highest BCUT2D eigenvalue weighted by Gasteiger charge is 2.29. The van der Waals surface area contributed by atoms with E-state index in [0.717, 1.165) is 33.6 Å². The van der Waals surface area contributed by atoms with E-state index in [0.29, 0.717) is 0 Å². The van der Waals surface area contributed by atoms with Crippen LogP contribution in [0.25, 0.3) is 11.1 Å². The van der Waals surface area contributed by atoms with Gasteiger partial charge in [-0.2, -0.15) is 0 Å². The van der Waals surface area contributed by atoms with Crippen LogP contribution in [-0.4, -0.2) is 39.7 Å². The maximum atomic E-state index is 12.5. The number of aromatic carboxylic acids is 1. The lowest BCUT2D eigenvalue weighted by Crippen LogP contribution is -2.17. The highest BCUT2D eigenvalue weighted by Crippen LogP contribution is 2.44. The zero-order valence-electron chi connectivity index (χ0n) is 18.1. The van der Waals surface area contributed by atoms with Gasteiger partial charge in [-0.15, -0.1) is 0 Å². The molecule has 1 aliphatic rings. The predicted octanol–water partition coefficient (Wildman–Crippen LogP) is 4.85. The molecule has 9 nitrogen and oxygen atoms in total. The van der Waals surface area contributed by atoms with Gasteiger partial charge in [0, 0.05) is 12.1 Å². The van der Waals surface area contributed by atoms with Crippen molar-refractivity contribution in [2.75, 3.05) is 17.2 Å². The predicted molar refractivity (Wildman–Crippen MR) is 130 cm³/mol. The molecule has 3 N–H and O–H groups in total. The maximum Gasteiger partial charge on any atom is 0.413 e. The number of carbonyl (C=O) groups excluding carboxylic acids is 2. The molecule has 0 spiro atoms. The zero-order valence-corrected chi connectivity index (χ0v) is 18.9. The number of rotatable bonds is 6. The fourth-order valence-electron chi connectivity index (χ4n) is 3.98. The Hall–Kier alpha value is -4.57.